The number of nitrogens with two attached hydrogens (primary N) is 3. The highest BCUT2D eigenvalue weighted by Gasteiger charge is 2.34. The Balaban J connectivity index is 0.000000318. The van der Waals surface area contributed by atoms with Crippen LogP contribution in [0.1, 0.15) is 26.2 Å². The van der Waals surface area contributed by atoms with Gasteiger partial charge >= 0.3 is 5.97 Å². The smallest absolute Gasteiger partial charge is 0.320 e. The highest BCUT2D eigenvalue weighted by molar-refractivity contribution is 5.88. The van der Waals surface area contributed by atoms with Crippen molar-refractivity contribution in [3.8, 4) is 0 Å². The van der Waals surface area contributed by atoms with Crippen LogP contribution in [0.15, 0.2) is 12.2 Å². The summed E-state index contributed by atoms with van der Waals surface area (Å²) in [6, 6.07) is -0.716. The van der Waals surface area contributed by atoms with Crippen molar-refractivity contribution in [3.05, 3.63) is 12.2 Å². The minimum absolute atomic E-state index is 0.257. The van der Waals surface area contributed by atoms with Gasteiger partial charge in [0.15, 0.2) is 0 Å². The van der Waals surface area contributed by atoms with E-state index in [-0.39, 0.29) is 11.3 Å². The molecule has 0 radical (unpaired) electrons. The fourth-order valence-electron chi connectivity index (χ4n) is 0.921. The molecule has 0 aromatic rings. The van der Waals surface area contributed by atoms with Crippen LogP contribution in [0, 0.1) is 5.41 Å². The van der Waals surface area contributed by atoms with Crippen molar-refractivity contribution in [2.45, 2.75) is 32.2 Å². The predicted molar refractivity (Wildman–Crippen MR) is 65.0 cm³/mol. The molecule has 0 bridgehead atoms. The van der Waals surface area contributed by atoms with Crippen LogP contribution in [0.4, 0.5) is 0 Å². The second-order valence-corrected chi connectivity index (χ2v) is 4.21. The van der Waals surface area contributed by atoms with Crippen molar-refractivity contribution in [2.75, 3.05) is 6.54 Å². The molecule has 6 heteroatoms. The summed E-state index contributed by atoms with van der Waals surface area (Å²) in [7, 11) is 0. The van der Waals surface area contributed by atoms with Gasteiger partial charge in [-0.25, -0.2) is 0 Å². The first kappa shape index (κ1) is 15.6. The monoisotopic (exact) mass is 243 g/mol. The molecule has 1 unspecified atom stereocenters. The Morgan fingerprint density at radius 2 is 1.88 bits per heavy atom. The Hall–Kier alpha value is -1.40. The number of amides is 1. The lowest BCUT2D eigenvalue weighted by Crippen LogP contribution is -2.29. The fourth-order valence-corrected chi connectivity index (χ4v) is 0.921. The SMILES string of the molecule is CC1(C(N)=O)C=C1.NCCCCC(N)C(=O)O. The van der Waals surface area contributed by atoms with Crippen molar-refractivity contribution in [2.24, 2.45) is 22.6 Å². The van der Waals surface area contributed by atoms with Gasteiger partial charge in [0.1, 0.15) is 6.04 Å². The van der Waals surface area contributed by atoms with E-state index in [0.717, 1.165) is 12.8 Å². The number of carboxylic acids is 1. The minimum atomic E-state index is -0.933. The first-order chi connectivity index (χ1) is 7.83. The second kappa shape index (κ2) is 7.03. The summed E-state index contributed by atoms with van der Waals surface area (Å²) in [6.07, 6.45) is 5.74. The van der Waals surface area contributed by atoms with E-state index in [1.807, 2.05) is 0 Å². The molecule has 0 heterocycles. The highest BCUT2D eigenvalue weighted by atomic mass is 16.4. The zero-order valence-corrected chi connectivity index (χ0v) is 10.1. The summed E-state index contributed by atoms with van der Waals surface area (Å²) in [5.41, 5.74) is 15.0. The zero-order valence-electron chi connectivity index (χ0n) is 10.1. The van der Waals surface area contributed by atoms with Crippen LogP contribution in [0.25, 0.3) is 0 Å². The lowest BCUT2D eigenvalue weighted by molar-refractivity contribution is -0.138. The van der Waals surface area contributed by atoms with Gasteiger partial charge in [-0.15, -0.1) is 0 Å². The molecular formula is C11H21N3O3. The molecule has 0 spiro atoms. The van der Waals surface area contributed by atoms with Gasteiger partial charge in [0, 0.05) is 0 Å². The summed E-state index contributed by atoms with van der Waals surface area (Å²) in [5, 5.41) is 8.33. The Labute approximate surface area is 101 Å². The van der Waals surface area contributed by atoms with Crippen LogP contribution in [0.5, 0.6) is 0 Å². The largest absolute Gasteiger partial charge is 0.480 e. The molecule has 0 aliphatic heterocycles. The summed E-state index contributed by atoms with van der Waals surface area (Å²) >= 11 is 0. The van der Waals surface area contributed by atoms with E-state index in [9.17, 15) is 9.59 Å². The number of hydrogen-bond donors (Lipinski definition) is 4. The number of carboxylic acid groups (broad SMARTS) is 1. The summed E-state index contributed by atoms with van der Waals surface area (Å²) in [4.78, 5) is 20.4. The van der Waals surface area contributed by atoms with E-state index in [1.165, 1.54) is 0 Å². The van der Waals surface area contributed by atoms with E-state index in [0.29, 0.717) is 13.0 Å². The zero-order chi connectivity index (χ0) is 13.5. The maximum absolute atomic E-state index is 10.2. The van der Waals surface area contributed by atoms with Crippen LogP contribution < -0.4 is 17.2 Å². The molecule has 0 fully saturated rings. The van der Waals surface area contributed by atoms with Crippen molar-refractivity contribution in [3.63, 3.8) is 0 Å². The van der Waals surface area contributed by atoms with Gasteiger partial charge in [0.25, 0.3) is 0 Å². The van der Waals surface area contributed by atoms with Crippen LogP contribution in [-0.2, 0) is 9.59 Å². The van der Waals surface area contributed by atoms with Gasteiger partial charge in [-0.05, 0) is 26.3 Å². The standard InChI is InChI=1S/C6H14N2O2.C5H7NO/c7-4-2-1-3-5(8)6(9)10;1-5(2-3-5)4(6)7/h5H,1-4,7-8H2,(H,9,10);2-3H,1H3,(H2,6,7). The molecule has 0 saturated heterocycles. The topological polar surface area (TPSA) is 132 Å². The molecule has 0 aromatic carbocycles. The van der Waals surface area contributed by atoms with Crippen molar-refractivity contribution in [1.29, 1.82) is 0 Å². The number of hydrogen-bond acceptors (Lipinski definition) is 4. The molecule has 1 aliphatic carbocycles. The van der Waals surface area contributed by atoms with Crippen LogP contribution >= 0.6 is 0 Å². The van der Waals surface area contributed by atoms with Gasteiger partial charge in [-0.1, -0.05) is 18.6 Å². The highest BCUT2D eigenvalue weighted by Crippen LogP contribution is 2.32. The number of aliphatic carboxylic acids is 1. The van der Waals surface area contributed by atoms with Crippen LogP contribution in [0.3, 0.4) is 0 Å². The number of rotatable bonds is 6. The lowest BCUT2D eigenvalue weighted by Gasteiger charge is -2.03. The van der Waals surface area contributed by atoms with E-state index in [2.05, 4.69) is 0 Å². The number of primary amides is 1. The van der Waals surface area contributed by atoms with Crippen molar-refractivity contribution < 1.29 is 14.7 Å². The third kappa shape index (κ3) is 6.70. The Kier molecular flexibility index (Phi) is 6.45. The fraction of sp³-hybridized carbons (Fsp3) is 0.636. The number of carbonyl (C=O) groups excluding carboxylic acids is 1. The Morgan fingerprint density at radius 1 is 1.35 bits per heavy atom. The Morgan fingerprint density at radius 3 is 2.12 bits per heavy atom. The molecule has 98 valence electrons. The molecule has 0 aromatic heterocycles. The summed E-state index contributed by atoms with van der Waals surface area (Å²) in [6.45, 7) is 2.39. The third-order valence-electron chi connectivity index (χ3n) is 2.48. The van der Waals surface area contributed by atoms with Gasteiger partial charge in [-0.2, -0.15) is 0 Å². The normalized spacial score (nSPS) is 16.6. The van der Waals surface area contributed by atoms with E-state index in [1.54, 1.807) is 19.1 Å². The molecular weight excluding hydrogens is 222 g/mol. The first-order valence-electron chi connectivity index (χ1n) is 5.52. The molecule has 1 amide bonds. The molecule has 0 saturated carbocycles. The average Bonchev–Trinajstić information content (AvgIpc) is 2.99. The van der Waals surface area contributed by atoms with E-state index >= 15 is 0 Å². The molecule has 1 atom stereocenters. The van der Waals surface area contributed by atoms with Crippen LogP contribution in [-0.4, -0.2) is 29.6 Å². The molecule has 17 heavy (non-hydrogen) atoms. The van der Waals surface area contributed by atoms with Gasteiger partial charge < -0.3 is 22.3 Å². The second-order valence-electron chi connectivity index (χ2n) is 4.21. The molecule has 6 nitrogen and oxygen atoms in total. The first-order valence-corrected chi connectivity index (χ1v) is 5.52. The minimum Gasteiger partial charge on any atom is -0.480 e. The third-order valence-corrected chi connectivity index (χ3v) is 2.48. The van der Waals surface area contributed by atoms with Gasteiger partial charge in [0.05, 0.1) is 5.41 Å². The van der Waals surface area contributed by atoms with Gasteiger partial charge in [-0.3, -0.25) is 9.59 Å². The predicted octanol–water partition coefficient (Wildman–Crippen LogP) is -0.425. The maximum Gasteiger partial charge on any atom is 0.320 e. The van der Waals surface area contributed by atoms with E-state index < -0.39 is 12.0 Å². The molecule has 1 rings (SSSR count). The number of unbranched alkanes of at least 4 members (excludes halogenated alkanes) is 1. The Bertz CT molecular complexity index is 296. The van der Waals surface area contributed by atoms with Gasteiger partial charge in [0.2, 0.25) is 5.91 Å². The maximum atomic E-state index is 10.2. The number of carbonyl (C=O) groups is 2. The molecule has 7 N–H and O–H groups in total. The van der Waals surface area contributed by atoms with Crippen molar-refractivity contribution >= 4 is 11.9 Å². The lowest BCUT2D eigenvalue weighted by atomic mass is 10.1. The molecule has 1 aliphatic rings. The average molecular weight is 243 g/mol. The van der Waals surface area contributed by atoms with E-state index in [4.69, 9.17) is 22.3 Å². The summed E-state index contributed by atoms with van der Waals surface area (Å²) in [5.74, 6) is -1.19. The quantitative estimate of drug-likeness (QED) is 0.371. The van der Waals surface area contributed by atoms with Crippen molar-refractivity contribution in [1.82, 2.24) is 0 Å². The summed E-state index contributed by atoms with van der Waals surface area (Å²) < 4.78 is 0. The van der Waals surface area contributed by atoms with Crippen LogP contribution in [0.2, 0.25) is 0 Å².